The SMILES string of the molecule is O=C(Cc1c[nH]c2ccc(Cl)cc12)N1CCCC(O)C1. The highest BCUT2D eigenvalue weighted by molar-refractivity contribution is 6.31. The highest BCUT2D eigenvalue weighted by Gasteiger charge is 2.22. The number of β-amino-alcohol motifs (C(OH)–C–C–N with tert-alkyl or cyclic N) is 1. The number of aliphatic hydroxyl groups is 1. The van der Waals surface area contributed by atoms with Gasteiger partial charge < -0.3 is 15.0 Å². The fraction of sp³-hybridized carbons (Fsp3) is 0.400. The van der Waals surface area contributed by atoms with E-state index in [1.54, 1.807) is 4.90 Å². The number of aromatic nitrogens is 1. The van der Waals surface area contributed by atoms with Crippen LogP contribution in [-0.2, 0) is 11.2 Å². The van der Waals surface area contributed by atoms with E-state index in [4.69, 9.17) is 11.6 Å². The Balaban J connectivity index is 1.78. The summed E-state index contributed by atoms with van der Waals surface area (Å²) in [7, 11) is 0. The first kappa shape index (κ1) is 13.5. The van der Waals surface area contributed by atoms with Gasteiger partial charge in [0, 0.05) is 35.2 Å². The van der Waals surface area contributed by atoms with Crippen LogP contribution in [0.5, 0.6) is 0 Å². The van der Waals surface area contributed by atoms with Gasteiger partial charge in [-0.05, 0) is 36.6 Å². The summed E-state index contributed by atoms with van der Waals surface area (Å²) in [6.45, 7) is 1.18. The van der Waals surface area contributed by atoms with E-state index in [2.05, 4.69) is 4.98 Å². The zero-order chi connectivity index (χ0) is 14.1. The maximum atomic E-state index is 12.3. The van der Waals surface area contributed by atoms with Crippen molar-refractivity contribution in [2.24, 2.45) is 0 Å². The monoisotopic (exact) mass is 292 g/mol. The number of likely N-dealkylation sites (tertiary alicyclic amines) is 1. The first-order valence-corrected chi connectivity index (χ1v) is 7.22. The Morgan fingerprint density at radius 1 is 1.50 bits per heavy atom. The predicted molar refractivity (Wildman–Crippen MR) is 78.8 cm³/mol. The molecule has 0 radical (unpaired) electrons. The molecule has 1 aliphatic heterocycles. The maximum Gasteiger partial charge on any atom is 0.227 e. The summed E-state index contributed by atoms with van der Waals surface area (Å²) in [6, 6.07) is 5.62. The van der Waals surface area contributed by atoms with Crippen LogP contribution in [0.3, 0.4) is 0 Å². The molecule has 1 saturated heterocycles. The molecule has 1 aliphatic rings. The number of rotatable bonds is 2. The number of hydrogen-bond donors (Lipinski definition) is 2. The molecule has 0 aliphatic carbocycles. The number of benzene rings is 1. The van der Waals surface area contributed by atoms with Crippen molar-refractivity contribution in [1.82, 2.24) is 9.88 Å². The van der Waals surface area contributed by atoms with E-state index in [-0.39, 0.29) is 12.0 Å². The third-order valence-electron chi connectivity index (χ3n) is 3.82. The summed E-state index contributed by atoms with van der Waals surface area (Å²) >= 11 is 6.01. The van der Waals surface area contributed by atoms with Crippen LogP contribution < -0.4 is 0 Å². The number of H-pyrrole nitrogens is 1. The lowest BCUT2D eigenvalue weighted by atomic mass is 10.1. The van der Waals surface area contributed by atoms with Gasteiger partial charge in [0.25, 0.3) is 0 Å². The number of fused-ring (bicyclic) bond motifs is 1. The Morgan fingerprint density at radius 2 is 2.35 bits per heavy atom. The summed E-state index contributed by atoms with van der Waals surface area (Å²) in [6.07, 6.45) is 3.47. The van der Waals surface area contributed by atoms with Crippen molar-refractivity contribution in [2.45, 2.75) is 25.4 Å². The number of hydrogen-bond acceptors (Lipinski definition) is 2. The van der Waals surface area contributed by atoms with E-state index in [0.29, 0.717) is 18.0 Å². The summed E-state index contributed by atoms with van der Waals surface area (Å²) in [4.78, 5) is 17.2. The van der Waals surface area contributed by atoms with E-state index in [1.807, 2.05) is 24.4 Å². The minimum Gasteiger partial charge on any atom is -0.391 e. The van der Waals surface area contributed by atoms with Crippen molar-refractivity contribution in [1.29, 1.82) is 0 Å². The second kappa shape index (κ2) is 5.46. The van der Waals surface area contributed by atoms with Gasteiger partial charge in [0.05, 0.1) is 12.5 Å². The van der Waals surface area contributed by atoms with Crippen molar-refractivity contribution >= 4 is 28.4 Å². The van der Waals surface area contributed by atoms with E-state index in [0.717, 1.165) is 35.9 Å². The molecule has 3 rings (SSSR count). The molecule has 2 aromatic rings. The van der Waals surface area contributed by atoms with Crippen molar-refractivity contribution in [3.8, 4) is 0 Å². The standard InChI is InChI=1S/C15H17ClN2O2/c16-11-3-4-14-13(7-11)10(8-17-14)6-15(20)18-5-1-2-12(19)9-18/h3-4,7-8,12,17,19H,1-2,5-6,9H2. The molecule has 0 spiro atoms. The molecule has 5 heteroatoms. The van der Waals surface area contributed by atoms with Crippen molar-refractivity contribution in [2.75, 3.05) is 13.1 Å². The number of aliphatic hydroxyl groups excluding tert-OH is 1. The number of nitrogens with zero attached hydrogens (tertiary/aromatic N) is 1. The Morgan fingerprint density at radius 3 is 3.15 bits per heavy atom. The lowest BCUT2D eigenvalue weighted by Crippen LogP contribution is -2.42. The molecule has 1 aromatic heterocycles. The summed E-state index contributed by atoms with van der Waals surface area (Å²) in [5.41, 5.74) is 1.93. The molecule has 0 saturated carbocycles. The highest BCUT2D eigenvalue weighted by atomic mass is 35.5. The Hall–Kier alpha value is -1.52. The lowest BCUT2D eigenvalue weighted by Gasteiger charge is -2.30. The molecule has 1 unspecified atom stereocenters. The van der Waals surface area contributed by atoms with Gasteiger partial charge >= 0.3 is 0 Å². The lowest BCUT2D eigenvalue weighted by molar-refractivity contribution is -0.133. The van der Waals surface area contributed by atoms with Gasteiger partial charge in [-0.1, -0.05) is 11.6 Å². The molecule has 1 amide bonds. The van der Waals surface area contributed by atoms with Crippen LogP contribution in [0.4, 0.5) is 0 Å². The number of aromatic amines is 1. The number of piperidine rings is 1. The summed E-state index contributed by atoms with van der Waals surface area (Å²) < 4.78 is 0. The van der Waals surface area contributed by atoms with Crippen molar-refractivity contribution in [3.63, 3.8) is 0 Å². The number of nitrogens with one attached hydrogen (secondary N) is 1. The number of carbonyl (C=O) groups is 1. The van der Waals surface area contributed by atoms with Gasteiger partial charge in [-0.3, -0.25) is 4.79 Å². The third kappa shape index (κ3) is 2.67. The smallest absolute Gasteiger partial charge is 0.227 e. The van der Waals surface area contributed by atoms with E-state index in [1.165, 1.54) is 0 Å². The minimum absolute atomic E-state index is 0.0598. The van der Waals surface area contributed by atoms with Crippen LogP contribution in [0.2, 0.25) is 5.02 Å². The molecule has 1 atom stereocenters. The second-order valence-electron chi connectivity index (χ2n) is 5.32. The average Bonchev–Trinajstić information content (AvgIpc) is 2.81. The fourth-order valence-electron chi connectivity index (χ4n) is 2.75. The van der Waals surface area contributed by atoms with Gasteiger partial charge in [-0.2, -0.15) is 0 Å². The third-order valence-corrected chi connectivity index (χ3v) is 4.06. The van der Waals surface area contributed by atoms with Crippen molar-refractivity contribution < 1.29 is 9.90 Å². The van der Waals surface area contributed by atoms with E-state index >= 15 is 0 Å². The first-order chi connectivity index (χ1) is 9.63. The van der Waals surface area contributed by atoms with Crippen LogP contribution in [0.15, 0.2) is 24.4 Å². The van der Waals surface area contributed by atoms with Crippen LogP contribution in [0.25, 0.3) is 10.9 Å². The van der Waals surface area contributed by atoms with Gasteiger partial charge in [0.15, 0.2) is 0 Å². The number of carbonyl (C=O) groups excluding carboxylic acids is 1. The van der Waals surface area contributed by atoms with Gasteiger partial charge in [-0.25, -0.2) is 0 Å². The average molecular weight is 293 g/mol. The number of halogens is 1. The van der Waals surface area contributed by atoms with Crippen molar-refractivity contribution in [3.05, 3.63) is 35.0 Å². The number of amides is 1. The Kier molecular flexibility index (Phi) is 3.68. The van der Waals surface area contributed by atoms with Crippen LogP contribution >= 0.6 is 11.6 Å². The van der Waals surface area contributed by atoms with Gasteiger partial charge in [0.2, 0.25) is 5.91 Å². The van der Waals surface area contributed by atoms with E-state index < -0.39 is 0 Å². The zero-order valence-corrected chi connectivity index (χ0v) is 11.9. The Bertz CT molecular complexity index is 638. The van der Waals surface area contributed by atoms with Crippen LogP contribution in [0.1, 0.15) is 18.4 Å². The van der Waals surface area contributed by atoms with E-state index in [9.17, 15) is 9.90 Å². The molecule has 2 N–H and O–H groups in total. The normalized spacial score (nSPS) is 19.5. The Labute approximate surface area is 122 Å². The van der Waals surface area contributed by atoms with Crippen LogP contribution in [0, 0.1) is 0 Å². The predicted octanol–water partition coefficient (Wildman–Crippen LogP) is 2.35. The molecule has 106 valence electrons. The summed E-state index contributed by atoms with van der Waals surface area (Å²) in [5, 5.41) is 11.3. The quantitative estimate of drug-likeness (QED) is 0.893. The van der Waals surface area contributed by atoms with Gasteiger partial charge in [-0.15, -0.1) is 0 Å². The zero-order valence-electron chi connectivity index (χ0n) is 11.1. The molecule has 1 fully saturated rings. The molecule has 1 aromatic carbocycles. The second-order valence-corrected chi connectivity index (χ2v) is 5.75. The van der Waals surface area contributed by atoms with Gasteiger partial charge in [0.1, 0.15) is 0 Å². The molecular weight excluding hydrogens is 276 g/mol. The molecule has 0 bridgehead atoms. The largest absolute Gasteiger partial charge is 0.391 e. The summed E-state index contributed by atoms with van der Waals surface area (Å²) in [5.74, 6) is 0.0598. The molecule has 4 nitrogen and oxygen atoms in total. The first-order valence-electron chi connectivity index (χ1n) is 6.85. The highest BCUT2D eigenvalue weighted by Crippen LogP contribution is 2.23. The van der Waals surface area contributed by atoms with Crippen LogP contribution in [-0.4, -0.2) is 40.1 Å². The maximum absolute atomic E-state index is 12.3. The fourth-order valence-corrected chi connectivity index (χ4v) is 2.92. The minimum atomic E-state index is -0.384. The topological polar surface area (TPSA) is 56.3 Å². The molecule has 2 heterocycles. The molecule has 20 heavy (non-hydrogen) atoms. The molecular formula is C15H17ClN2O2.